The third-order valence-electron chi connectivity index (χ3n) is 2.22. The minimum atomic E-state index is 0.903. The first-order chi connectivity index (χ1) is 6.68. The first-order valence-corrected chi connectivity index (χ1v) is 5.19. The number of pyridine rings is 1. The highest BCUT2D eigenvalue weighted by Crippen LogP contribution is 2.25. The van der Waals surface area contributed by atoms with Crippen molar-refractivity contribution in [1.82, 2.24) is 4.98 Å². The minimum Gasteiger partial charge on any atom is -0.378 e. The number of benzene rings is 1. The lowest BCUT2D eigenvalue weighted by molar-refractivity contribution is 1.13. The van der Waals surface area contributed by atoms with E-state index in [9.17, 15) is 0 Å². The van der Waals surface area contributed by atoms with Gasteiger partial charge in [-0.3, -0.25) is 0 Å². The highest BCUT2D eigenvalue weighted by atomic mass is 79.9. The van der Waals surface area contributed by atoms with Gasteiger partial charge >= 0.3 is 0 Å². The molecule has 0 N–H and O–H groups in total. The Bertz CT molecular complexity index is 466. The van der Waals surface area contributed by atoms with E-state index in [1.807, 2.05) is 26.4 Å². The monoisotopic (exact) mass is 250 g/mol. The molecule has 2 aromatic rings. The Morgan fingerprint density at radius 2 is 2.00 bits per heavy atom. The number of halogens is 1. The van der Waals surface area contributed by atoms with Crippen molar-refractivity contribution in [3.8, 4) is 0 Å². The Labute approximate surface area is 91.7 Å². The quantitative estimate of drug-likeness (QED) is 0.724. The van der Waals surface area contributed by atoms with Gasteiger partial charge in [0.1, 0.15) is 4.60 Å². The molecule has 0 saturated heterocycles. The zero-order chi connectivity index (χ0) is 10.1. The molecular weight excluding hydrogens is 240 g/mol. The molecule has 0 bridgehead atoms. The summed E-state index contributed by atoms with van der Waals surface area (Å²) in [5.41, 5.74) is 1.20. The first-order valence-electron chi connectivity index (χ1n) is 4.40. The summed E-state index contributed by atoms with van der Waals surface area (Å²) >= 11 is 3.43. The molecule has 2 nitrogen and oxygen atoms in total. The molecule has 72 valence electrons. The van der Waals surface area contributed by atoms with Gasteiger partial charge in [0.25, 0.3) is 0 Å². The second-order valence-corrected chi connectivity index (χ2v) is 4.15. The zero-order valence-corrected chi connectivity index (χ0v) is 9.75. The zero-order valence-electron chi connectivity index (χ0n) is 8.16. The van der Waals surface area contributed by atoms with E-state index in [1.165, 1.54) is 11.1 Å². The van der Waals surface area contributed by atoms with Crippen LogP contribution in [-0.4, -0.2) is 19.1 Å². The normalized spacial score (nSPS) is 10.5. The van der Waals surface area contributed by atoms with Crippen molar-refractivity contribution in [2.75, 3.05) is 19.0 Å². The summed E-state index contributed by atoms with van der Waals surface area (Å²) in [7, 11) is 4.08. The van der Waals surface area contributed by atoms with E-state index in [0.717, 1.165) is 9.99 Å². The van der Waals surface area contributed by atoms with Gasteiger partial charge in [-0.1, -0.05) is 0 Å². The van der Waals surface area contributed by atoms with Crippen LogP contribution in [0.15, 0.2) is 35.1 Å². The maximum atomic E-state index is 4.18. The van der Waals surface area contributed by atoms with E-state index in [-0.39, 0.29) is 0 Å². The Morgan fingerprint density at radius 3 is 2.71 bits per heavy atom. The van der Waals surface area contributed by atoms with E-state index in [0.29, 0.717) is 0 Å². The summed E-state index contributed by atoms with van der Waals surface area (Å²) in [5, 5.41) is 2.36. The van der Waals surface area contributed by atoms with Crippen molar-refractivity contribution in [3.63, 3.8) is 0 Å². The fourth-order valence-electron chi connectivity index (χ4n) is 1.41. The molecule has 1 heterocycles. The smallest absolute Gasteiger partial charge is 0.113 e. The molecule has 0 amide bonds. The SMILES string of the molecule is CN(C)c1ccc2c(Br)nccc2c1. The molecule has 2 rings (SSSR count). The number of rotatable bonds is 1. The number of fused-ring (bicyclic) bond motifs is 1. The van der Waals surface area contributed by atoms with Crippen LogP contribution in [0.4, 0.5) is 5.69 Å². The molecule has 1 aromatic carbocycles. The number of anilines is 1. The topological polar surface area (TPSA) is 16.1 Å². The van der Waals surface area contributed by atoms with Gasteiger partial charge in [0.05, 0.1) is 0 Å². The van der Waals surface area contributed by atoms with Crippen LogP contribution in [0.2, 0.25) is 0 Å². The minimum absolute atomic E-state index is 0.903. The van der Waals surface area contributed by atoms with E-state index < -0.39 is 0 Å². The fourth-order valence-corrected chi connectivity index (χ4v) is 1.89. The number of hydrogen-bond acceptors (Lipinski definition) is 2. The van der Waals surface area contributed by atoms with Crippen LogP contribution in [0.5, 0.6) is 0 Å². The molecular formula is C11H11BrN2. The van der Waals surface area contributed by atoms with Crippen molar-refractivity contribution >= 4 is 32.4 Å². The lowest BCUT2D eigenvalue weighted by Gasteiger charge is -2.13. The van der Waals surface area contributed by atoms with Gasteiger partial charge in [-0.15, -0.1) is 0 Å². The molecule has 0 aliphatic carbocycles. The Hall–Kier alpha value is -1.09. The molecule has 0 spiro atoms. The lowest BCUT2D eigenvalue weighted by Crippen LogP contribution is -2.08. The summed E-state index contributed by atoms with van der Waals surface area (Å²) in [6.07, 6.45) is 1.81. The maximum absolute atomic E-state index is 4.18. The molecule has 14 heavy (non-hydrogen) atoms. The van der Waals surface area contributed by atoms with Crippen molar-refractivity contribution in [1.29, 1.82) is 0 Å². The van der Waals surface area contributed by atoms with Gasteiger partial charge < -0.3 is 4.90 Å². The molecule has 0 atom stereocenters. The van der Waals surface area contributed by atoms with E-state index in [4.69, 9.17) is 0 Å². The van der Waals surface area contributed by atoms with E-state index in [1.54, 1.807) is 0 Å². The maximum Gasteiger partial charge on any atom is 0.113 e. The Kier molecular flexibility index (Phi) is 2.42. The molecule has 3 heteroatoms. The van der Waals surface area contributed by atoms with Crippen molar-refractivity contribution in [3.05, 3.63) is 35.1 Å². The summed E-state index contributed by atoms with van der Waals surface area (Å²) in [5.74, 6) is 0. The van der Waals surface area contributed by atoms with Crippen LogP contribution in [0.1, 0.15) is 0 Å². The van der Waals surface area contributed by atoms with Crippen molar-refractivity contribution < 1.29 is 0 Å². The molecule has 0 unspecified atom stereocenters. The van der Waals surface area contributed by atoms with Crippen LogP contribution in [0.3, 0.4) is 0 Å². The van der Waals surface area contributed by atoms with Gasteiger partial charge in [-0.2, -0.15) is 0 Å². The third-order valence-corrected chi connectivity index (χ3v) is 2.85. The van der Waals surface area contributed by atoms with Gasteiger partial charge in [0.15, 0.2) is 0 Å². The van der Waals surface area contributed by atoms with Gasteiger partial charge in [-0.25, -0.2) is 4.98 Å². The average molecular weight is 251 g/mol. The molecule has 0 radical (unpaired) electrons. The van der Waals surface area contributed by atoms with Crippen molar-refractivity contribution in [2.24, 2.45) is 0 Å². The lowest BCUT2D eigenvalue weighted by atomic mass is 10.1. The van der Waals surface area contributed by atoms with Crippen molar-refractivity contribution in [2.45, 2.75) is 0 Å². The predicted molar refractivity (Wildman–Crippen MR) is 63.8 cm³/mol. The van der Waals surface area contributed by atoms with E-state index in [2.05, 4.69) is 44.0 Å². The first kappa shape index (κ1) is 9.46. The van der Waals surface area contributed by atoms with Crippen LogP contribution in [-0.2, 0) is 0 Å². The summed E-state index contributed by atoms with van der Waals surface area (Å²) < 4.78 is 0.903. The predicted octanol–water partition coefficient (Wildman–Crippen LogP) is 3.06. The van der Waals surface area contributed by atoms with Gasteiger partial charge in [0.2, 0.25) is 0 Å². The Balaban J connectivity index is 2.67. The Morgan fingerprint density at radius 1 is 1.21 bits per heavy atom. The molecule has 0 aliphatic rings. The fraction of sp³-hybridized carbons (Fsp3) is 0.182. The summed E-state index contributed by atoms with van der Waals surface area (Å²) in [4.78, 5) is 6.28. The average Bonchev–Trinajstić information content (AvgIpc) is 2.17. The van der Waals surface area contributed by atoms with Crippen LogP contribution >= 0.6 is 15.9 Å². The molecule has 0 aliphatic heterocycles. The third kappa shape index (κ3) is 1.60. The van der Waals surface area contributed by atoms with Crippen LogP contribution in [0.25, 0.3) is 10.8 Å². The standard InChI is InChI=1S/C11H11BrN2/c1-14(2)9-3-4-10-8(7-9)5-6-13-11(10)12/h3-7H,1-2H3. The number of hydrogen-bond donors (Lipinski definition) is 0. The summed E-state index contributed by atoms with van der Waals surface area (Å²) in [6, 6.07) is 8.35. The summed E-state index contributed by atoms with van der Waals surface area (Å²) in [6.45, 7) is 0. The number of nitrogens with zero attached hydrogens (tertiary/aromatic N) is 2. The highest BCUT2D eigenvalue weighted by molar-refractivity contribution is 9.10. The molecule has 1 aromatic heterocycles. The van der Waals surface area contributed by atoms with Gasteiger partial charge in [-0.05, 0) is 45.6 Å². The van der Waals surface area contributed by atoms with Crippen LogP contribution < -0.4 is 4.90 Å². The largest absolute Gasteiger partial charge is 0.378 e. The second kappa shape index (κ2) is 3.58. The van der Waals surface area contributed by atoms with E-state index >= 15 is 0 Å². The van der Waals surface area contributed by atoms with Crippen LogP contribution in [0, 0.1) is 0 Å². The second-order valence-electron chi connectivity index (χ2n) is 3.40. The number of aromatic nitrogens is 1. The molecule has 0 fully saturated rings. The van der Waals surface area contributed by atoms with Gasteiger partial charge in [0, 0.05) is 31.4 Å². The molecule has 0 saturated carbocycles. The highest BCUT2D eigenvalue weighted by Gasteiger charge is 2.01.